The summed E-state index contributed by atoms with van der Waals surface area (Å²) in [7, 11) is 0. The predicted molar refractivity (Wildman–Crippen MR) is 83.3 cm³/mol. The van der Waals surface area contributed by atoms with Crippen LogP contribution in [0.4, 0.5) is 0 Å². The zero-order chi connectivity index (χ0) is 14.7. The summed E-state index contributed by atoms with van der Waals surface area (Å²) < 4.78 is 5.10. The Morgan fingerprint density at radius 1 is 1.33 bits per heavy atom. The van der Waals surface area contributed by atoms with E-state index in [1.807, 2.05) is 6.92 Å². The van der Waals surface area contributed by atoms with Crippen molar-refractivity contribution in [2.24, 2.45) is 5.92 Å². The third kappa shape index (κ3) is 2.71. The van der Waals surface area contributed by atoms with Crippen LogP contribution in [0.1, 0.15) is 43.7 Å². The molecule has 0 aromatic heterocycles. The number of rotatable bonds is 4. The first kappa shape index (κ1) is 14.6. The summed E-state index contributed by atoms with van der Waals surface area (Å²) in [5, 5.41) is 3.48. The molecule has 0 radical (unpaired) electrons. The summed E-state index contributed by atoms with van der Waals surface area (Å²) in [6.07, 6.45) is 5.01. The van der Waals surface area contributed by atoms with Crippen LogP contribution in [0.25, 0.3) is 0 Å². The molecule has 3 heteroatoms. The molecule has 2 aliphatic rings. The highest BCUT2D eigenvalue weighted by Crippen LogP contribution is 2.50. The van der Waals surface area contributed by atoms with Crippen LogP contribution in [0.5, 0.6) is 0 Å². The smallest absolute Gasteiger partial charge is 0.305 e. The van der Waals surface area contributed by atoms with E-state index in [9.17, 15) is 4.79 Å². The maximum Gasteiger partial charge on any atom is 0.305 e. The standard InChI is InChI=1S/C18H25NO2/c1-2-21-17(20)8-7-15-13-14-5-3-4-6-16(14)18(15)9-11-19-12-10-18/h3-6,15,19H,2,7-13H2,1H3/t15-/m1/s1. The fourth-order valence-corrected chi connectivity index (χ4v) is 4.32. The van der Waals surface area contributed by atoms with Crippen molar-refractivity contribution in [1.29, 1.82) is 0 Å². The van der Waals surface area contributed by atoms with Crippen LogP contribution in [0.2, 0.25) is 0 Å². The fourth-order valence-electron chi connectivity index (χ4n) is 4.32. The molecule has 1 atom stereocenters. The number of benzene rings is 1. The van der Waals surface area contributed by atoms with E-state index in [0.29, 0.717) is 18.9 Å². The number of ether oxygens (including phenoxy) is 1. The van der Waals surface area contributed by atoms with Crippen LogP contribution in [-0.2, 0) is 21.4 Å². The average Bonchev–Trinajstić information content (AvgIpc) is 2.80. The van der Waals surface area contributed by atoms with Gasteiger partial charge >= 0.3 is 5.97 Å². The summed E-state index contributed by atoms with van der Waals surface area (Å²) >= 11 is 0. The van der Waals surface area contributed by atoms with Crippen LogP contribution in [0.3, 0.4) is 0 Å². The van der Waals surface area contributed by atoms with E-state index in [1.54, 1.807) is 5.56 Å². The second-order valence-corrected chi connectivity index (χ2v) is 6.31. The first-order chi connectivity index (χ1) is 10.3. The molecule has 1 N–H and O–H groups in total. The van der Waals surface area contributed by atoms with Gasteiger partial charge in [0.1, 0.15) is 0 Å². The Labute approximate surface area is 127 Å². The predicted octanol–water partition coefficient (Wildman–Crippen LogP) is 2.82. The molecule has 1 aliphatic carbocycles. The van der Waals surface area contributed by atoms with E-state index in [2.05, 4.69) is 29.6 Å². The minimum absolute atomic E-state index is 0.0439. The summed E-state index contributed by atoms with van der Waals surface area (Å²) in [5.41, 5.74) is 3.32. The third-order valence-electron chi connectivity index (χ3n) is 5.30. The number of hydrogen-bond donors (Lipinski definition) is 1. The van der Waals surface area contributed by atoms with Crippen molar-refractivity contribution < 1.29 is 9.53 Å². The quantitative estimate of drug-likeness (QED) is 0.865. The number of nitrogens with one attached hydrogen (secondary N) is 1. The first-order valence-electron chi connectivity index (χ1n) is 8.21. The van der Waals surface area contributed by atoms with E-state index < -0.39 is 0 Å². The molecule has 114 valence electrons. The molecule has 0 amide bonds. The van der Waals surface area contributed by atoms with Gasteiger partial charge in [-0.1, -0.05) is 24.3 Å². The molecule has 1 aliphatic heterocycles. The SMILES string of the molecule is CCOC(=O)CC[C@@H]1Cc2ccccc2C12CCNCC2. The van der Waals surface area contributed by atoms with Gasteiger partial charge in [-0.3, -0.25) is 4.79 Å². The molecule has 0 saturated carbocycles. The number of carbonyl (C=O) groups is 1. The van der Waals surface area contributed by atoms with Crippen LogP contribution in [0, 0.1) is 5.92 Å². The molecule has 1 aromatic rings. The summed E-state index contributed by atoms with van der Waals surface area (Å²) in [6.45, 7) is 4.53. The molecule has 0 unspecified atom stereocenters. The Morgan fingerprint density at radius 2 is 2.10 bits per heavy atom. The van der Waals surface area contributed by atoms with Crippen molar-refractivity contribution in [1.82, 2.24) is 5.32 Å². The number of piperidine rings is 1. The third-order valence-corrected chi connectivity index (χ3v) is 5.30. The zero-order valence-corrected chi connectivity index (χ0v) is 12.9. The van der Waals surface area contributed by atoms with Crippen molar-refractivity contribution >= 4 is 5.97 Å². The van der Waals surface area contributed by atoms with Gasteiger partial charge in [-0.05, 0) is 62.7 Å². The second-order valence-electron chi connectivity index (χ2n) is 6.31. The van der Waals surface area contributed by atoms with Crippen molar-refractivity contribution in [3.05, 3.63) is 35.4 Å². The zero-order valence-electron chi connectivity index (χ0n) is 12.9. The van der Waals surface area contributed by atoms with Gasteiger partial charge in [-0.25, -0.2) is 0 Å². The molecule has 1 aromatic carbocycles. The Balaban J connectivity index is 1.79. The molecule has 1 spiro atoms. The van der Waals surface area contributed by atoms with Gasteiger partial charge in [0.2, 0.25) is 0 Å². The van der Waals surface area contributed by atoms with Gasteiger partial charge in [-0.2, -0.15) is 0 Å². The number of esters is 1. The van der Waals surface area contributed by atoms with Gasteiger partial charge in [0.25, 0.3) is 0 Å². The van der Waals surface area contributed by atoms with Crippen molar-refractivity contribution in [2.45, 2.75) is 44.4 Å². The van der Waals surface area contributed by atoms with Gasteiger partial charge in [0.15, 0.2) is 0 Å². The maximum atomic E-state index is 11.7. The molecule has 0 bridgehead atoms. The molecule has 21 heavy (non-hydrogen) atoms. The lowest BCUT2D eigenvalue weighted by Gasteiger charge is -2.40. The second kappa shape index (κ2) is 6.18. The topological polar surface area (TPSA) is 38.3 Å². The lowest BCUT2D eigenvalue weighted by Crippen LogP contribution is -2.43. The first-order valence-corrected chi connectivity index (χ1v) is 8.21. The highest BCUT2D eigenvalue weighted by atomic mass is 16.5. The molecule has 3 rings (SSSR count). The number of hydrogen-bond acceptors (Lipinski definition) is 3. The van der Waals surface area contributed by atoms with Gasteiger partial charge in [-0.15, -0.1) is 0 Å². The number of fused-ring (bicyclic) bond motifs is 2. The van der Waals surface area contributed by atoms with E-state index >= 15 is 0 Å². The van der Waals surface area contributed by atoms with Crippen LogP contribution < -0.4 is 5.32 Å². The molecule has 3 nitrogen and oxygen atoms in total. The molecule has 1 heterocycles. The van der Waals surface area contributed by atoms with Crippen LogP contribution in [0.15, 0.2) is 24.3 Å². The van der Waals surface area contributed by atoms with E-state index in [4.69, 9.17) is 4.74 Å². The van der Waals surface area contributed by atoms with E-state index in [0.717, 1.165) is 25.9 Å². The Bertz CT molecular complexity index is 506. The monoisotopic (exact) mass is 287 g/mol. The minimum Gasteiger partial charge on any atom is -0.466 e. The largest absolute Gasteiger partial charge is 0.466 e. The van der Waals surface area contributed by atoms with Gasteiger partial charge in [0.05, 0.1) is 6.61 Å². The van der Waals surface area contributed by atoms with E-state index in [-0.39, 0.29) is 11.4 Å². The molecular weight excluding hydrogens is 262 g/mol. The summed E-state index contributed by atoms with van der Waals surface area (Å²) in [5.74, 6) is 0.541. The average molecular weight is 287 g/mol. The van der Waals surface area contributed by atoms with Crippen molar-refractivity contribution in [3.63, 3.8) is 0 Å². The molecule has 1 saturated heterocycles. The lowest BCUT2D eigenvalue weighted by atomic mass is 9.67. The Morgan fingerprint density at radius 3 is 2.86 bits per heavy atom. The van der Waals surface area contributed by atoms with Crippen molar-refractivity contribution in [2.75, 3.05) is 19.7 Å². The number of carbonyl (C=O) groups excluding carboxylic acids is 1. The lowest BCUT2D eigenvalue weighted by molar-refractivity contribution is -0.143. The molecule has 1 fully saturated rings. The molecular formula is C18H25NO2. The van der Waals surface area contributed by atoms with Crippen LogP contribution in [-0.4, -0.2) is 25.7 Å². The van der Waals surface area contributed by atoms with Gasteiger partial charge < -0.3 is 10.1 Å². The summed E-state index contributed by atoms with van der Waals surface area (Å²) in [4.78, 5) is 11.7. The van der Waals surface area contributed by atoms with Gasteiger partial charge in [0, 0.05) is 11.8 Å². The normalized spacial score (nSPS) is 23.0. The minimum atomic E-state index is -0.0439. The van der Waals surface area contributed by atoms with E-state index in [1.165, 1.54) is 18.4 Å². The summed E-state index contributed by atoms with van der Waals surface area (Å²) in [6, 6.07) is 8.88. The Hall–Kier alpha value is -1.35. The highest BCUT2D eigenvalue weighted by molar-refractivity contribution is 5.69. The highest BCUT2D eigenvalue weighted by Gasteiger charge is 2.46. The maximum absolute atomic E-state index is 11.7. The fraction of sp³-hybridized carbons (Fsp3) is 0.611. The van der Waals surface area contributed by atoms with Crippen molar-refractivity contribution in [3.8, 4) is 0 Å². The van der Waals surface area contributed by atoms with Crippen LogP contribution >= 0.6 is 0 Å². The Kier molecular flexibility index (Phi) is 4.29.